The molecule has 126 valence electrons. The molecular formula is C16H26F2IN3. The second kappa shape index (κ2) is 9.97. The predicted molar refractivity (Wildman–Crippen MR) is 99.0 cm³/mol. The minimum absolute atomic E-state index is 0. The summed E-state index contributed by atoms with van der Waals surface area (Å²) in [6, 6.07) is 3.97. The van der Waals surface area contributed by atoms with Crippen molar-refractivity contribution in [2.24, 2.45) is 10.9 Å². The van der Waals surface area contributed by atoms with Gasteiger partial charge in [0.1, 0.15) is 11.6 Å². The number of rotatable bonds is 5. The van der Waals surface area contributed by atoms with Gasteiger partial charge in [-0.15, -0.1) is 24.0 Å². The molecule has 0 fully saturated rings. The van der Waals surface area contributed by atoms with Gasteiger partial charge < -0.3 is 10.6 Å². The Morgan fingerprint density at radius 2 is 1.82 bits per heavy atom. The lowest BCUT2D eigenvalue weighted by Crippen LogP contribution is -2.45. The molecular weight excluding hydrogens is 399 g/mol. The molecule has 2 unspecified atom stereocenters. The number of halogens is 3. The molecule has 0 saturated heterocycles. The fourth-order valence-electron chi connectivity index (χ4n) is 1.84. The van der Waals surface area contributed by atoms with Gasteiger partial charge in [-0.2, -0.15) is 0 Å². The second-order valence-electron chi connectivity index (χ2n) is 5.70. The summed E-state index contributed by atoms with van der Waals surface area (Å²) in [4.78, 5) is 4.15. The molecule has 0 radical (unpaired) electrons. The summed E-state index contributed by atoms with van der Waals surface area (Å²) in [5.41, 5.74) is 0.497. The molecule has 1 aromatic carbocycles. The summed E-state index contributed by atoms with van der Waals surface area (Å²) >= 11 is 0. The Bertz CT molecular complexity index is 492. The molecule has 0 aliphatic carbocycles. The first-order chi connectivity index (χ1) is 9.85. The summed E-state index contributed by atoms with van der Waals surface area (Å²) in [5, 5.41) is 6.46. The molecule has 0 saturated carbocycles. The maximum Gasteiger partial charge on any atom is 0.191 e. The molecule has 0 bridgehead atoms. The highest BCUT2D eigenvalue weighted by Crippen LogP contribution is 2.19. The minimum Gasteiger partial charge on any atom is -0.356 e. The highest BCUT2D eigenvalue weighted by molar-refractivity contribution is 14.0. The largest absolute Gasteiger partial charge is 0.356 e. The molecule has 0 heterocycles. The summed E-state index contributed by atoms with van der Waals surface area (Å²) in [6.45, 7) is 8.75. The number of nitrogens with one attached hydrogen (secondary N) is 2. The maximum atomic E-state index is 13.7. The molecule has 0 aromatic heterocycles. The fourth-order valence-corrected chi connectivity index (χ4v) is 1.84. The standard InChI is InChI=1S/C16H25F2N3.HI/c1-10(2)12(4)21-16(19-5)20-9-11(3)14-7-6-13(17)8-15(14)18;/h6-8,10-12H,9H2,1-5H3,(H2,19,20,21);1H. The van der Waals surface area contributed by atoms with Crippen LogP contribution in [0, 0.1) is 17.6 Å². The van der Waals surface area contributed by atoms with Gasteiger partial charge in [-0.1, -0.05) is 26.8 Å². The zero-order valence-corrected chi connectivity index (χ0v) is 16.1. The van der Waals surface area contributed by atoms with E-state index in [-0.39, 0.29) is 35.9 Å². The average molecular weight is 425 g/mol. The van der Waals surface area contributed by atoms with E-state index >= 15 is 0 Å². The summed E-state index contributed by atoms with van der Waals surface area (Å²) in [5.74, 6) is 0.0158. The third-order valence-corrected chi connectivity index (χ3v) is 3.66. The van der Waals surface area contributed by atoms with Gasteiger partial charge in [0.05, 0.1) is 0 Å². The lowest BCUT2D eigenvalue weighted by molar-refractivity contribution is 0.479. The molecule has 2 atom stereocenters. The topological polar surface area (TPSA) is 36.4 Å². The normalized spacial score (nSPS) is 14.3. The lowest BCUT2D eigenvalue weighted by Gasteiger charge is -2.22. The van der Waals surface area contributed by atoms with Crippen molar-refractivity contribution in [2.45, 2.75) is 39.7 Å². The van der Waals surface area contributed by atoms with Crippen LogP contribution in [-0.2, 0) is 0 Å². The zero-order chi connectivity index (χ0) is 16.0. The van der Waals surface area contributed by atoms with Crippen molar-refractivity contribution in [3.05, 3.63) is 35.4 Å². The van der Waals surface area contributed by atoms with Gasteiger partial charge in [-0.05, 0) is 24.5 Å². The van der Waals surface area contributed by atoms with E-state index in [2.05, 4.69) is 36.4 Å². The monoisotopic (exact) mass is 425 g/mol. The average Bonchev–Trinajstić information content (AvgIpc) is 2.42. The van der Waals surface area contributed by atoms with Crippen LogP contribution in [0.1, 0.15) is 39.2 Å². The Hall–Kier alpha value is -0.920. The van der Waals surface area contributed by atoms with Crippen molar-refractivity contribution in [2.75, 3.05) is 13.6 Å². The van der Waals surface area contributed by atoms with Crippen LogP contribution >= 0.6 is 24.0 Å². The highest BCUT2D eigenvalue weighted by Gasteiger charge is 2.13. The molecule has 0 aliphatic rings. The van der Waals surface area contributed by atoms with E-state index in [9.17, 15) is 8.78 Å². The SMILES string of the molecule is CN=C(NCC(C)c1ccc(F)cc1F)NC(C)C(C)C.I. The molecule has 0 amide bonds. The van der Waals surface area contributed by atoms with Crippen molar-refractivity contribution in [3.8, 4) is 0 Å². The number of aliphatic imine (C=N–C) groups is 1. The van der Waals surface area contributed by atoms with Crippen LogP contribution in [-0.4, -0.2) is 25.6 Å². The van der Waals surface area contributed by atoms with Crippen LogP contribution in [0.25, 0.3) is 0 Å². The molecule has 22 heavy (non-hydrogen) atoms. The van der Waals surface area contributed by atoms with Gasteiger partial charge in [-0.3, -0.25) is 4.99 Å². The van der Waals surface area contributed by atoms with Crippen molar-refractivity contribution in [1.29, 1.82) is 0 Å². The Morgan fingerprint density at radius 1 is 1.18 bits per heavy atom. The number of benzene rings is 1. The molecule has 1 rings (SSSR count). The number of hydrogen-bond acceptors (Lipinski definition) is 1. The van der Waals surface area contributed by atoms with E-state index in [1.807, 2.05) is 6.92 Å². The number of hydrogen-bond donors (Lipinski definition) is 2. The third-order valence-electron chi connectivity index (χ3n) is 3.66. The first-order valence-electron chi connectivity index (χ1n) is 7.27. The van der Waals surface area contributed by atoms with Gasteiger partial charge in [0, 0.05) is 31.6 Å². The lowest BCUT2D eigenvalue weighted by atomic mass is 10.0. The molecule has 3 nitrogen and oxygen atoms in total. The van der Waals surface area contributed by atoms with Gasteiger partial charge in [-0.25, -0.2) is 8.78 Å². The second-order valence-corrected chi connectivity index (χ2v) is 5.70. The van der Waals surface area contributed by atoms with Crippen LogP contribution in [0.15, 0.2) is 23.2 Å². The number of nitrogens with zero attached hydrogens (tertiary/aromatic N) is 1. The minimum atomic E-state index is -0.556. The van der Waals surface area contributed by atoms with Crippen LogP contribution < -0.4 is 10.6 Å². The summed E-state index contributed by atoms with van der Waals surface area (Å²) < 4.78 is 26.6. The Balaban J connectivity index is 0.00000441. The van der Waals surface area contributed by atoms with Crippen molar-refractivity contribution in [1.82, 2.24) is 10.6 Å². The number of guanidine groups is 1. The van der Waals surface area contributed by atoms with Crippen LogP contribution in [0.5, 0.6) is 0 Å². The molecule has 1 aromatic rings. The first-order valence-corrected chi connectivity index (χ1v) is 7.27. The van der Waals surface area contributed by atoms with E-state index in [0.717, 1.165) is 6.07 Å². The van der Waals surface area contributed by atoms with E-state index < -0.39 is 11.6 Å². The Kier molecular flexibility index (Phi) is 9.55. The van der Waals surface area contributed by atoms with Crippen molar-refractivity contribution in [3.63, 3.8) is 0 Å². The van der Waals surface area contributed by atoms with Gasteiger partial charge in [0.25, 0.3) is 0 Å². The highest BCUT2D eigenvalue weighted by atomic mass is 127. The van der Waals surface area contributed by atoms with E-state index in [4.69, 9.17) is 0 Å². The predicted octanol–water partition coefficient (Wildman–Crippen LogP) is 3.90. The fraction of sp³-hybridized carbons (Fsp3) is 0.562. The summed E-state index contributed by atoms with van der Waals surface area (Å²) in [7, 11) is 1.70. The quantitative estimate of drug-likeness (QED) is 0.427. The van der Waals surface area contributed by atoms with E-state index in [0.29, 0.717) is 24.0 Å². The Labute approximate surface area is 149 Å². The van der Waals surface area contributed by atoms with Gasteiger partial charge in [0.15, 0.2) is 5.96 Å². The van der Waals surface area contributed by atoms with Crippen LogP contribution in [0.4, 0.5) is 8.78 Å². The van der Waals surface area contributed by atoms with Crippen LogP contribution in [0.2, 0.25) is 0 Å². The van der Waals surface area contributed by atoms with Gasteiger partial charge >= 0.3 is 0 Å². The summed E-state index contributed by atoms with van der Waals surface area (Å²) in [6.07, 6.45) is 0. The molecule has 0 spiro atoms. The van der Waals surface area contributed by atoms with E-state index in [1.165, 1.54) is 12.1 Å². The van der Waals surface area contributed by atoms with Gasteiger partial charge in [0.2, 0.25) is 0 Å². The zero-order valence-electron chi connectivity index (χ0n) is 13.8. The van der Waals surface area contributed by atoms with Crippen molar-refractivity contribution < 1.29 is 8.78 Å². The maximum absolute atomic E-state index is 13.7. The third kappa shape index (κ3) is 6.46. The smallest absolute Gasteiger partial charge is 0.191 e. The molecule has 2 N–H and O–H groups in total. The van der Waals surface area contributed by atoms with E-state index in [1.54, 1.807) is 7.05 Å². The van der Waals surface area contributed by atoms with Crippen molar-refractivity contribution >= 4 is 29.9 Å². The first kappa shape index (κ1) is 21.1. The molecule has 6 heteroatoms. The van der Waals surface area contributed by atoms with Crippen LogP contribution in [0.3, 0.4) is 0 Å². The Morgan fingerprint density at radius 3 is 2.32 bits per heavy atom. The molecule has 0 aliphatic heterocycles.